The maximum absolute atomic E-state index is 3.99. The van der Waals surface area contributed by atoms with Gasteiger partial charge in [-0.1, -0.05) is 32.9 Å². The van der Waals surface area contributed by atoms with E-state index in [4.69, 9.17) is 0 Å². The predicted octanol–water partition coefficient (Wildman–Crippen LogP) is 3.37. The lowest BCUT2D eigenvalue weighted by Gasteiger charge is -2.43. The molecule has 86 valence electrons. The third-order valence-corrected chi connectivity index (χ3v) is 4.88. The highest BCUT2D eigenvalue weighted by Crippen LogP contribution is 2.62. The van der Waals surface area contributed by atoms with Gasteiger partial charge in [0.2, 0.25) is 0 Å². The molecule has 0 aromatic rings. The smallest absolute Gasteiger partial charge is 0.0178 e. The second-order valence-electron chi connectivity index (χ2n) is 6.69. The van der Waals surface area contributed by atoms with Crippen LogP contribution in [0.3, 0.4) is 0 Å². The van der Waals surface area contributed by atoms with Crippen molar-refractivity contribution in [1.29, 1.82) is 0 Å². The second kappa shape index (κ2) is 3.35. The Kier molecular flexibility index (Phi) is 2.50. The number of nitrogens with one attached hydrogen (secondary N) is 1. The van der Waals surface area contributed by atoms with Gasteiger partial charge < -0.3 is 5.32 Å². The molecule has 0 heterocycles. The van der Waals surface area contributed by atoms with Crippen LogP contribution in [0.4, 0.5) is 0 Å². The van der Waals surface area contributed by atoms with Crippen LogP contribution >= 0.6 is 0 Å². The van der Waals surface area contributed by atoms with Crippen LogP contribution in [0.25, 0.3) is 0 Å². The minimum atomic E-state index is 0.475. The van der Waals surface area contributed by atoms with Crippen LogP contribution < -0.4 is 5.32 Å². The van der Waals surface area contributed by atoms with E-state index >= 15 is 0 Å². The lowest BCUT2D eigenvalue weighted by Crippen LogP contribution is -2.50. The summed E-state index contributed by atoms with van der Waals surface area (Å²) in [7, 11) is 0. The summed E-state index contributed by atoms with van der Waals surface area (Å²) < 4.78 is 0. The van der Waals surface area contributed by atoms with E-state index in [-0.39, 0.29) is 0 Å². The van der Waals surface area contributed by atoms with Crippen molar-refractivity contribution in [2.75, 3.05) is 6.54 Å². The molecule has 0 spiro atoms. The van der Waals surface area contributed by atoms with Crippen molar-refractivity contribution >= 4 is 0 Å². The highest BCUT2D eigenvalue weighted by atomic mass is 15.0. The van der Waals surface area contributed by atoms with E-state index in [0.29, 0.717) is 16.9 Å². The van der Waals surface area contributed by atoms with Crippen LogP contribution in [0.5, 0.6) is 0 Å². The summed E-state index contributed by atoms with van der Waals surface area (Å²) >= 11 is 0. The quantitative estimate of drug-likeness (QED) is 0.700. The first kappa shape index (κ1) is 11.2. The summed E-state index contributed by atoms with van der Waals surface area (Å²) in [6.45, 7) is 14.4. The van der Waals surface area contributed by atoms with Crippen molar-refractivity contribution in [3.63, 3.8) is 0 Å². The van der Waals surface area contributed by atoms with Crippen molar-refractivity contribution < 1.29 is 0 Å². The van der Waals surface area contributed by atoms with Crippen LogP contribution in [0.2, 0.25) is 0 Å². The molecule has 0 aliphatic heterocycles. The zero-order valence-corrected chi connectivity index (χ0v) is 10.7. The van der Waals surface area contributed by atoms with Crippen molar-refractivity contribution in [2.24, 2.45) is 16.7 Å². The Morgan fingerprint density at radius 3 is 2.53 bits per heavy atom. The molecule has 2 aliphatic rings. The summed E-state index contributed by atoms with van der Waals surface area (Å²) in [6.07, 6.45) is 4.28. The minimum absolute atomic E-state index is 0.475. The maximum atomic E-state index is 3.99. The molecule has 2 aliphatic carbocycles. The first-order chi connectivity index (χ1) is 6.86. The fourth-order valence-corrected chi connectivity index (χ4v) is 4.09. The molecule has 1 heteroatoms. The van der Waals surface area contributed by atoms with Gasteiger partial charge in [0.1, 0.15) is 0 Å². The molecule has 0 radical (unpaired) electrons. The third-order valence-electron chi connectivity index (χ3n) is 4.88. The van der Waals surface area contributed by atoms with Gasteiger partial charge in [0, 0.05) is 12.6 Å². The molecule has 2 bridgehead atoms. The zero-order chi connectivity index (χ0) is 11.3. The molecule has 1 N–H and O–H groups in total. The highest BCUT2D eigenvalue weighted by Gasteiger charge is 2.58. The van der Waals surface area contributed by atoms with Gasteiger partial charge in [-0.3, -0.25) is 0 Å². The van der Waals surface area contributed by atoms with Gasteiger partial charge in [0.25, 0.3) is 0 Å². The van der Waals surface area contributed by atoms with E-state index < -0.39 is 0 Å². The molecule has 0 aromatic carbocycles. The van der Waals surface area contributed by atoms with Crippen LogP contribution in [0, 0.1) is 16.7 Å². The summed E-state index contributed by atoms with van der Waals surface area (Å²) in [5.41, 5.74) is 2.27. The summed E-state index contributed by atoms with van der Waals surface area (Å²) in [4.78, 5) is 0. The SMILES string of the molecule is C=C(C)CNC1C2(C)CCC(C2)C1(C)C. The third kappa shape index (κ3) is 1.65. The Hall–Kier alpha value is -0.300. The van der Waals surface area contributed by atoms with E-state index in [9.17, 15) is 0 Å². The average molecular weight is 207 g/mol. The molecule has 2 saturated carbocycles. The Balaban J connectivity index is 2.12. The average Bonchev–Trinajstić information content (AvgIpc) is 2.54. The summed E-state index contributed by atoms with van der Waals surface area (Å²) in [5.74, 6) is 0.935. The van der Waals surface area contributed by atoms with Crippen molar-refractivity contribution in [3.05, 3.63) is 12.2 Å². The van der Waals surface area contributed by atoms with Gasteiger partial charge in [0.15, 0.2) is 0 Å². The summed E-state index contributed by atoms with van der Waals surface area (Å²) in [6, 6.07) is 0.681. The number of hydrogen-bond donors (Lipinski definition) is 1. The Bertz CT molecular complexity index is 274. The molecule has 0 amide bonds. The molecule has 0 saturated heterocycles. The molecular formula is C14H25N. The molecule has 0 aromatic heterocycles. The van der Waals surface area contributed by atoms with E-state index in [0.717, 1.165) is 12.5 Å². The first-order valence-electron chi connectivity index (χ1n) is 6.24. The molecule has 2 fully saturated rings. The molecular weight excluding hydrogens is 182 g/mol. The van der Waals surface area contributed by atoms with Gasteiger partial charge >= 0.3 is 0 Å². The van der Waals surface area contributed by atoms with Crippen molar-refractivity contribution in [2.45, 2.75) is 53.0 Å². The van der Waals surface area contributed by atoms with Gasteiger partial charge in [-0.2, -0.15) is 0 Å². The van der Waals surface area contributed by atoms with Crippen LogP contribution in [-0.4, -0.2) is 12.6 Å². The fraction of sp³-hybridized carbons (Fsp3) is 0.857. The largest absolute Gasteiger partial charge is 0.309 e. The lowest BCUT2D eigenvalue weighted by molar-refractivity contribution is 0.112. The lowest BCUT2D eigenvalue weighted by atomic mass is 9.68. The van der Waals surface area contributed by atoms with E-state index in [1.54, 1.807) is 0 Å². The molecule has 15 heavy (non-hydrogen) atoms. The van der Waals surface area contributed by atoms with E-state index in [2.05, 4.69) is 39.6 Å². The first-order valence-corrected chi connectivity index (χ1v) is 6.24. The zero-order valence-electron chi connectivity index (χ0n) is 10.7. The molecule has 2 rings (SSSR count). The van der Waals surface area contributed by atoms with Crippen LogP contribution in [0.1, 0.15) is 47.0 Å². The Labute approximate surface area is 94.3 Å². The van der Waals surface area contributed by atoms with Gasteiger partial charge in [-0.25, -0.2) is 0 Å². The second-order valence-corrected chi connectivity index (χ2v) is 6.69. The topological polar surface area (TPSA) is 12.0 Å². The highest BCUT2D eigenvalue weighted by molar-refractivity contribution is 5.12. The number of fused-ring (bicyclic) bond motifs is 2. The monoisotopic (exact) mass is 207 g/mol. The van der Waals surface area contributed by atoms with E-state index in [1.807, 2.05) is 0 Å². The van der Waals surface area contributed by atoms with Gasteiger partial charge in [0.05, 0.1) is 0 Å². The van der Waals surface area contributed by atoms with Crippen molar-refractivity contribution in [1.82, 2.24) is 5.32 Å². The molecule has 3 unspecified atom stereocenters. The Morgan fingerprint density at radius 1 is 1.40 bits per heavy atom. The Morgan fingerprint density at radius 2 is 2.07 bits per heavy atom. The van der Waals surface area contributed by atoms with Crippen molar-refractivity contribution in [3.8, 4) is 0 Å². The van der Waals surface area contributed by atoms with Gasteiger partial charge in [-0.15, -0.1) is 0 Å². The number of hydrogen-bond acceptors (Lipinski definition) is 1. The van der Waals surface area contributed by atoms with Gasteiger partial charge in [-0.05, 0) is 42.9 Å². The predicted molar refractivity (Wildman–Crippen MR) is 65.8 cm³/mol. The normalized spacial score (nSPS) is 42.1. The summed E-state index contributed by atoms with van der Waals surface area (Å²) in [5, 5.41) is 3.74. The fourth-order valence-electron chi connectivity index (χ4n) is 4.09. The van der Waals surface area contributed by atoms with Crippen LogP contribution in [-0.2, 0) is 0 Å². The molecule has 1 nitrogen and oxygen atoms in total. The minimum Gasteiger partial charge on any atom is -0.309 e. The standard InChI is InChI=1S/C14H25N/c1-10(2)9-15-12-13(3,4)11-6-7-14(12,5)8-11/h11-12,15H,1,6-9H2,2-5H3. The van der Waals surface area contributed by atoms with Crippen LogP contribution in [0.15, 0.2) is 12.2 Å². The molecule has 3 atom stereocenters. The van der Waals surface area contributed by atoms with E-state index in [1.165, 1.54) is 24.8 Å². The maximum Gasteiger partial charge on any atom is 0.0178 e. The number of rotatable bonds is 3.